The third-order valence-electron chi connectivity index (χ3n) is 6.75. The molecule has 0 radical (unpaired) electrons. The van der Waals surface area contributed by atoms with Crippen LogP contribution in [0.4, 0.5) is 0 Å². The zero-order valence-electron chi connectivity index (χ0n) is 15.5. The highest BCUT2D eigenvalue weighted by Gasteiger charge is 2.40. The first kappa shape index (κ1) is 17.7. The topological polar surface area (TPSA) is 27.7 Å². The summed E-state index contributed by atoms with van der Waals surface area (Å²) >= 11 is 0. The van der Waals surface area contributed by atoms with Crippen molar-refractivity contribution in [2.24, 2.45) is 5.92 Å². The number of hydrogen-bond donors (Lipinski definition) is 1. The van der Waals surface area contributed by atoms with Crippen molar-refractivity contribution in [3.05, 3.63) is 0 Å². The van der Waals surface area contributed by atoms with E-state index in [4.69, 9.17) is 4.74 Å². The summed E-state index contributed by atoms with van der Waals surface area (Å²) in [4.78, 5) is 5.31. The first-order chi connectivity index (χ1) is 11.1. The van der Waals surface area contributed by atoms with E-state index in [9.17, 15) is 0 Å². The maximum atomic E-state index is 5.70. The van der Waals surface area contributed by atoms with E-state index in [1.54, 1.807) is 0 Å². The molecule has 0 saturated carbocycles. The second-order valence-corrected chi connectivity index (χ2v) is 8.37. The van der Waals surface area contributed by atoms with E-state index in [2.05, 4.69) is 36.0 Å². The first-order valence-electron chi connectivity index (χ1n) is 9.87. The maximum Gasteiger partial charge on any atom is 0.0484 e. The van der Waals surface area contributed by atoms with E-state index in [1.165, 1.54) is 58.2 Å². The maximum absolute atomic E-state index is 5.70. The highest BCUT2D eigenvalue weighted by Crippen LogP contribution is 2.31. The fraction of sp³-hybridized carbons (Fsp3) is 1.00. The molecule has 3 aliphatic rings. The Bertz CT molecular complexity index is 364. The zero-order valence-corrected chi connectivity index (χ0v) is 15.5. The monoisotopic (exact) mass is 323 g/mol. The van der Waals surface area contributed by atoms with E-state index in [1.807, 2.05) is 0 Å². The third kappa shape index (κ3) is 4.09. The molecule has 1 N–H and O–H groups in total. The molecule has 4 nitrogen and oxygen atoms in total. The minimum Gasteiger partial charge on any atom is -0.381 e. The Hall–Kier alpha value is -0.160. The lowest BCUT2D eigenvalue weighted by molar-refractivity contribution is -0.0390. The van der Waals surface area contributed by atoms with Gasteiger partial charge in [-0.15, -0.1) is 0 Å². The Morgan fingerprint density at radius 2 is 1.78 bits per heavy atom. The highest BCUT2D eigenvalue weighted by molar-refractivity contribution is 4.97. The van der Waals surface area contributed by atoms with E-state index in [-0.39, 0.29) is 0 Å². The fourth-order valence-electron chi connectivity index (χ4n) is 4.87. The molecule has 0 aromatic rings. The molecule has 23 heavy (non-hydrogen) atoms. The van der Waals surface area contributed by atoms with E-state index in [0.29, 0.717) is 17.6 Å². The van der Waals surface area contributed by atoms with Crippen molar-refractivity contribution in [1.29, 1.82) is 0 Å². The quantitative estimate of drug-likeness (QED) is 0.859. The summed E-state index contributed by atoms with van der Waals surface area (Å²) in [5.74, 6) is 0.745. The lowest BCUT2D eigenvalue weighted by atomic mass is 9.84. The number of rotatable bonds is 4. The highest BCUT2D eigenvalue weighted by atomic mass is 16.5. The van der Waals surface area contributed by atoms with Crippen LogP contribution in [0.2, 0.25) is 0 Å². The van der Waals surface area contributed by atoms with Crippen molar-refractivity contribution < 1.29 is 4.74 Å². The molecule has 134 valence electrons. The summed E-state index contributed by atoms with van der Waals surface area (Å²) in [5, 5.41) is 4.01. The molecule has 0 bridgehead atoms. The van der Waals surface area contributed by atoms with Gasteiger partial charge in [0.05, 0.1) is 0 Å². The standard InChI is InChI=1S/C19H37N3O/c1-16-14-21(3)17(2)13-18(16)20-15-19(7-11-23-12-8-19)22-9-5-4-6-10-22/h16-18,20H,4-15H2,1-3H3. The van der Waals surface area contributed by atoms with Crippen molar-refractivity contribution in [3.63, 3.8) is 0 Å². The van der Waals surface area contributed by atoms with Gasteiger partial charge >= 0.3 is 0 Å². The molecule has 3 aliphatic heterocycles. The predicted molar refractivity (Wildman–Crippen MR) is 95.9 cm³/mol. The molecule has 0 aromatic heterocycles. The van der Waals surface area contributed by atoms with Gasteiger partial charge in [0.1, 0.15) is 0 Å². The number of hydrogen-bond acceptors (Lipinski definition) is 4. The number of piperidine rings is 2. The molecule has 4 heteroatoms. The van der Waals surface area contributed by atoms with Gasteiger partial charge in [0.25, 0.3) is 0 Å². The first-order valence-corrected chi connectivity index (χ1v) is 9.87. The fourth-order valence-corrected chi connectivity index (χ4v) is 4.87. The summed E-state index contributed by atoms with van der Waals surface area (Å²) in [6.07, 6.45) is 7.87. The molecule has 3 atom stereocenters. The predicted octanol–water partition coefficient (Wildman–Crippen LogP) is 2.34. The van der Waals surface area contributed by atoms with Gasteiger partial charge in [0.2, 0.25) is 0 Å². The molecular weight excluding hydrogens is 286 g/mol. The van der Waals surface area contributed by atoms with Gasteiger partial charge in [0, 0.05) is 43.9 Å². The minimum absolute atomic E-state index is 0.352. The Morgan fingerprint density at radius 3 is 2.48 bits per heavy atom. The average molecular weight is 324 g/mol. The Morgan fingerprint density at radius 1 is 1.09 bits per heavy atom. The molecule has 3 saturated heterocycles. The van der Waals surface area contributed by atoms with Crippen LogP contribution < -0.4 is 5.32 Å². The van der Waals surface area contributed by atoms with E-state index in [0.717, 1.165) is 25.7 Å². The van der Waals surface area contributed by atoms with Gasteiger partial charge in [-0.25, -0.2) is 0 Å². The summed E-state index contributed by atoms with van der Waals surface area (Å²) in [7, 11) is 2.27. The average Bonchev–Trinajstić information content (AvgIpc) is 2.58. The normalized spacial score (nSPS) is 36.9. The molecule has 3 heterocycles. The lowest BCUT2D eigenvalue weighted by Gasteiger charge is -2.50. The summed E-state index contributed by atoms with van der Waals surface area (Å²) in [6.45, 7) is 11.6. The van der Waals surface area contributed by atoms with Crippen LogP contribution >= 0.6 is 0 Å². The van der Waals surface area contributed by atoms with Crippen molar-refractivity contribution in [2.75, 3.05) is 46.4 Å². The van der Waals surface area contributed by atoms with Crippen LogP contribution in [0.15, 0.2) is 0 Å². The van der Waals surface area contributed by atoms with Gasteiger partial charge in [-0.05, 0) is 65.1 Å². The van der Waals surface area contributed by atoms with Gasteiger partial charge in [-0.3, -0.25) is 4.90 Å². The molecule has 0 aromatic carbocycles. The van der Waals surface area contributed by atoms with Crippen LogP contribution in [0.1, 0.15) is 52.4 Å². The Kier molecular flexibility index (Phi) is 6.00. The van der Waals surface area contributed by atoms with Crippen LogP contribution in [-0.2, 0) is 4.74 Å². The third-order valence-corrected chi connectivity index (χ3v) is 6.75. The molecule has 3 rings (SSSR count). The Labute approximate surface area is 142 Å². The largest absolute Gasteiger partial charge is 0.381 e. The molecule has 0 spiro atoms. The van der Waals surface area contributed by atoms with E-state index < -0.39 is 0 Å². The van der Waals surface area contributed by atoms with Crippen molar-refractivity contribution in [1.82, 2.24) is 15.1 Å². The summed E-state index contributed by atoms with van der Waals surface area (Å²) in [6, 6.07) is 1.37. The van der Waals surface area contributed by atoms with Crippen LogP contribution in [0.3, 0.4) is 0 Å². The van der Waals surface area contributed by atoms with Crippen LogP contribution in [0.25, 0.3) is 0 Å². The van der Waals surface area contributed by atoms with Gasteiger partial charge < -0.3 is 15.0 Å². The lowest BCUT2D eigenvalue weighted by Crippen LogP contribution is -2.61. The van der Waals surface area contributed by atoms with Crippen LogP contribution in [0, 0.1) is 5.92 Å². The van der Waals surface area contributed by atoms with Crippen molar-refractivity contribution in [3.8, 4) is 0 Å². The van der Waals surface area contributed by atoms with Crippen molar-refractivity contribution in [2.45, 2.75) is 70.0 Å². The second kappa shape index (κ2) is 7.81. The second-order valence-electron chi connectivity index (χ2n) is 8.37. The van der Waals surface area contributed by atoms with Crippen LogP contribution in [0.5, 0.6) is 0 Å². The van der Waals surface area contributed by atoms with Gasteiger partial charge in [-0.2, -0.15) is 0 Å². The molecule has 3 unspecified atom stereocenters. The van der Waals surface area contributed by atoms with Gasteiger partial charge in [-0.1, -0.05) is 13.3 Å². The minimum atomic E-state index is 0.352. The summed E-state index contributed by atoms with van der Waals surface area (Å²) in [5.41, 5.74) is 0.352. The molecule has 0 aliphatic carbocycles. The van der Waals surface area contributed by atoms with Crippen LogP contribution in [-0.4, -0.2) is 73.9 Å². The number of likely N-dealkylation sites (tertiary alicyclic amines) is 2. The SMILES string of the molecule is CC1CN(C)C(C)CC1NCC1(N2CCCCC2)CCOCC1. The smallest absolute Gasteiger partial charge is 0.0484 e. The molecule has 0 amide bonds. The number of nitrogens with one attached hydrogen (secondary N) is 1. The van der Waals surface area contributed by atoms with E-state index >= 15 is 0 Å². The van der Waals surface area contributed by atoms with Crippen molar-refractivity contribution >= 4 is 0 Å². The summed E-state index contributed by atoms with van der Waals surface area (Å²) < 4.78 is 5.70. The Balaban J connectivity index is 1.62. The number of nitrogens with zero attached hydrogens (tertiary/aromatic N) is 2. The molecular formula is C19H37N3O. The van der Waals surface area contributed by atoms with Gasteiger partial charge in [0.15, 0.2) is 0 Å². The zero-order chi connectivity index (χ0) is 16.3. The molecule has 3 fully saturated rings. The number of ether oxygens (including phenoxy) is 1.